The molecular weight excluding hydrogens is 822 g/mol. The topological polar surface area (TPSA) is 200 Å². The first-order valence-corrected chi connectivity index (χ1v) is 21.7. The number of nitrogens with zero attached hydrogens (tertiary/aromatic N) is 4. The van der Waals surface area contributed by atoms with E-state index in [1.54, 1.807) is 44.6 Å². The highest BCUT2D eigenvalue weighted by molar-refractivity contribution is 9.10. The van der Waals surface area contributed by atoms with Crippen molar-refractivity contribution in [2.45, 2.75) is 107 Å². The third-order valence-electron chi connectivity index (χ3n) is 10.8. The molecule has 3 N–H and O–H groups in total. The second-order valence-electron chi connectivity index (χ2n) is 15.5. The van der Waals surface area contributed by atoms with Crippen LogP contribution in [0, 0.1) is 5.92 Å². The van der Waals surface area contributed by atoms with Crippen molar-refractivity contribution >= 4 is 60.5 Å². The lowest BCUT2D eigenvalue weighted by Gasteiger charge is -2.29. The summed E-state index contributed by atoms with van der Waals surface area (Å²) >= 11 is 3.60. The van der Waals surface area contributed by atoms with Crippen LogP contribution in [0.4, 0.5) is 0 Å². The number of carbonyl (C=O) groups is 4. The first kappa shape index (κ1) is 40.5. The molecule has 306 valence electrons. The number of benzene rings is 1. The molecule has 4 aliphatic rings. The number of fused-ring (bicyclic) bond motifs is 3. The Balaban J connectivity index is 1.23. The van der Waals surface area contributed by atoms with Gasteiger partial charge < -0.3 is 29.7 Å². The van der Waals surface area contributed by atoms with Gasteiger partial charge in [0, 0.05) is 37.0 Å². The van der Waals surface area contributed by atoms with Crippen molar-refractivity contribution in [3.05, 3.63) is 52.8 Å². The number of carbonyl (C=O) groups excluding carboxylic acids is 4. The molecule has 3 fully saturated rings. The zero-order valence-electron chi connectivity index (χ0n) is 32.3. The summed E-state index contributed by atoms with van der Waals surface area (Å²) in [5, 5.41) is 9.95. The molecule has 2 aliphatic heterocycles. The predicted octanol–water partition coefficient (Wildman–Crippen LogP) is 3.68. The fourth-order valence-corrected chi connectivity index (χ4v) is 9.50. The summed E-state index contributed by atoms with van der Waals surface area (Å²) in [5.74, 6) is -1.66. The zero-order chi connectivity index (χ0) is 40.6. The molecule has 7 rings (SSSR count). The number of aryl methyl sites for hydroxylation is 1. The summed E-state index contributed by atoms with van der Waals surface area (Å²) < 4.78 is 48.2. The number of methoxy groups -OCH3 is 1. The van der Waals surface area contributed by atoms with Crippen molar-refractivity contribution in [3.8, 4) is 17.4 Å². The van der Waals surface area contributed by atoms with Gasteiger partial charge in [0.25, 0.3) is 11.8 Å². The molecule has 4 heterocycles. The van der Waals surface area contributed by atoms with Crippen LogP contribution in [0.5, 0.6) is 17.4 Å². The van der Waals surface area contributed by atoms with Gasteiger partial charge in [0.2, 0.25) is 27.7 Å². The monoisotopic (exact) mass is 869 g/mol. The molecule has 1 saturated heterocycles. The maximum Gasteiger partial charge on any atom is 0.272 e. The fraction of sp³-hybridized carbons (Fsp3) is 0.538. The molecule has 0 bridgehead atoms. The number of nitrogens with one attached hydrogen (secondary N) is 3. The Morgan fingerprint density at radius 3 is 2.58 bits per heavy atom. The van der Waals surface area contributed by atoms with E-state index in [0.717, 1.165) is 12.8 Å². The normalized spacial score (nSPS) is 26.0. The third kappa shape index (κ3) is 8.76. The van der Waals surface area contributed by atoms with Crippen LogP contribution in [0.3, 0.4) is 0 Å². The van der Waals surface area contributed by atoms with Gasteiger partial charge in [-0.2, -0.15) is 5.10 Å². The number of amides is 4. The van der Waals surface area contributed by atoms with Crippen LogP contribution in [0.1, 0.15) is 82.1 Å². The molecule has 0 radical (unpaired) electrons. The summed E-state index contributed by atoms with van der Waals surface area (Å²) in [7, 11) is -0.677. The van der Waals surface area contributed by atoms with E-state index < -0.39 is 68.5 Å². The number of hydrogen-bond acceptors (Lipinski definition) is 11. The number of pyridine rings is 1. The molecule has 4 amide bonds. The second kappa shape index (κ2) is 16.3. The van der Waals surface area contributed by atoms with E-state index in [9.17, 15) is 27.6 Å². The average molecular weight is 871 g/mol. The average Bonchev–Trinajstić information content (AvgIpc) is 4.05. The summed E-state index contributed by atoms with van der Waals surface area (Å²) in [6.07, 6.45) is 8.81. The van der Waals surface area contributed by atoms with E-state index in [4.69, 9.17) is 19.2 Å². The van der Waals surface area contributed by atoms with Gasteiger partial charge in [-0.3, -0.25) is 28.6 Å². The lowest BCUT2D eigenvalue weighted by molar-refractivity contribution is -0.141. The molecule has 1 unspecified atom stereocenters. The van der Waals surface area contributed by atoms with E-state index in [-0.39, 0.29) is 31.2 Å². The van der Waals surface area contributed by atoms with Gasteiger partial charge in [-0.15, -0.1) is 0 Å². The first-order valence-electron chi connectivity index (χ1n) is 19.4. The van der Waals surface area contributed by atoms with Crippen molar-refractivity contribution in [2.24, 2.45) is 13.0 Å². The minimum absolute atomic E-state index is 0.0264. The van der Waals surface area contributed by atoms with Crippen LogP contribution in [-0.4, -0.2) is 100 Å². The summed E-state index contributed by atoms with van der Waals surface area (Å²) in [4.78, 5) is 62.5. The van der Waals surface area contributed by atoms with E-state index >= 15 is 0 Å². The molecule has 3 aromatic rings. The van der Waals surface area contributed by atoms with Crippen molar-refractivity contribution in [3.63, 3.8) is 0 Å². The lowest BCUT2D eigenvalue weighted by atomic mass is 10.0. The summed E-state index contributed by atoms with van der Waals surface area (Å²) in [5.41, 5.74) is -0.863. The van der Waals surface area contributed by atoms with E-state index in [1.807, 2.05) is 26.0 Å². The maximum atomic E-state index is 14.7. The molecule has 5 atom stereocenters. The lowest BCUT2D eigenvalue weighted by Crippen LogP contribution is -2.58. The Bertz CT molecular complexity index is 2210. The Morgan fingerprint density at radius 1 is 1.09 bits per heavy atom. The van der Waals surface area contributed by atoms with Crippen molar-refractivity contribution in [2.75, 3.05) is 13.7 Å². The Hall–Kier alpha value is -4.71. The largest absolute Gasteiger partial charge is 0.495 e. The zero-order valence-corrected chi connectivity index (χ0v) is 34.7. The Morgan fingerprint density at radius 2 is 1.88 bits per heavy atom. The highest BCUT2D eigenvalue weighted by Crippen LogP contribution is 2.46. The maximum absolute atomic E-state index is 14.7. The Labute approximate surface area is 339 Å². The van der Waals surface area contributed by atoms with Crippen LogP contribution in [0.25, 0.3) is 10.9 Å². The molecule has 2 saturated carbocycles. The van der Waals surface area contributed by atoms with Gasteiger partial charge in [0.1, 0.15) is 40.9 Å². The molecule has 1 aromatic carbocycles. The molecule has 2 aliphatic carbocycles. The molecule has 57 heavy (non-hydrogen) atoms. The quantitative estimate of drug-likeness (QED) is 0.251. The van der Waals surface area contributed by atoms with Gasteiger partial charge in [0.05, 0.1) is 35.0 Å². The molecule has 18 heteroatoms. The van der Waals surface area contributed by atoms with Crippen molar-refractivity contribution in [1.29, 1.82) is 0 Å². The van der Waals surface area contributed by atoms with Crippen molar-refractivity contribution in [1.82, 2.24) is 35.0 Å². The first-order chi connectivity index (χ1) is 27.2. The number of hydrogen-bond donors (Lipinski definition) is 3. The van der Waals surface area contributed by atoms with Gasteiger partial charge in [-0.1, -0.05) is 25.0 Å². The van der Waals surface area contributed by atoms with E-state index in [1.165, 1.54) is 9.58 Å². The van der Waals surface area contributed by atoms with E-state index in [0.29, 0.717) is 64.9 Å². The van der Waals surface area contributed by atoms with Gasteiger partial charge in [0.15, 0.2) is 0 Å². The summed E-state index contributed by atoms with van der Waals surface area (Å²) in [6, 6.07) is 4.65. The standard InChI is InChI=1S/C39H48BrN7O9S/c1-22(2)55-32-19-31(26-14-15-30(54-4)33(40)34(26)42-32)56-24-18-29-36(49)43-39(38(51)45-57(52,53)25-12-13-25)20-23(39)10-8-6-5-7-9-11-28(37(50)47(29)21-24)41-35(48)27-16-17-46(3)44-27/h8,10,14-17,19,22-25,28-29H,5-7,9,11-13,18,20-21H2,1-4H3,(H,41,48)(H,43,49)(H,45,51)/b10-8-/t23?,24-,28+,29+,39-/m1/s1. The smallest absolute Gasteiger partial charge is 0.272 e. The summed E-state index contributed by atoms with van der Waals surface area (Å²) in [6.45, 7) is 3.71. The van der Waals surface area contributed by atoms with Crippen molar-refractivity contribution < 1.29 is 41.8 Å². The number of sulfonamides is 1. The molecule has 16 nitrogen and oxygen atoms in total. The van der Waals surface area contributed by atoms with Gasteiger partial charge >= 0.3 is 0 Å². The SMILES string of the molecule is COc1ccc2c(O[C@@H]3C[C@H]4C(=O)N[C@]5(C(=O)NS(=O)(=O)C6CC6)CC5/C=C\CCCCC[C@H](NC(=O)c5ccn(C)n5)C(=O)N4C3)cc(OC(C)C)nc2c1Br. The minimum Gasteiger partial charge on any atom is -0.495 e. The number of rotatable bonds is 10. The van der Waals surface area contributed by atoms with Crippen LogP contribution >= 0.6 is 15.9 Å². The Kier molecular flexibility index (Phi) is 11.6. The molecular formula is C39H48BrN7O9S. The number of ether oxygens (including phenoxy) is 3. The van der Waals surface area contributed by atoms with Gasteiger partial charge in [-0.05, 0) is 86.5 Å². The third-order valence-corrected chi connectivity index (χ3v) is 13.4. The van der Waals surface area contributed by atoms with Crippen LogP contribution < -0.4 is 29.6 Å². The highest BCUT2D eigenvalue weighted by Gasteiger charge is 2.62. The number of halogens is 1. The number of aromatic nitrogens is 3. The van der Waals surface area contributed by atoms with Crippen LogP contribution in [0.2, 0.25) is 0 Å². The second-order valence-corrected chi connectivity index (χ2v) is 18.3. The predicted molar refractivity (Wildman–Crippen MR) is 212 cm³/mol. The minimum atomic E-state index is -3.91. The molecule has 0 spiro atoms. The highest BCUT2D eigenvalue weighted by atomic mass is 79.9. The molecule has 2 aromatic heterocycles. The van der Waals surface area contributed by atoms with E-state index in [2.05, 4.69) is 36.4 Å². The van der Waals surface area contributed by atoms with Crippen LogP contribution in [0.15, 0.2) is 47.1 Å². The van der Waals surface area contributed by atoms with Gasteiger partial charge in [-0.25, -0.2) is 13.4 Å². The number of allylic oxidation sites excluding steroid dienone is 1. The van der Waals surface area contributed by atoms with Crippen LogP contribution in [-0.2, 0) is 31.5 Å². The fourth-order valence-electron chi connectivity index (χ4n) is 7.54.